The van der Waals surface area contributed by atoms with Gasteiger partial charge in [0.05, 0.1) is 36.5 Å². The van der Waals surface area contributed by atoms with Crippen LogP contribution in [-0.2, 0) is 143 Å². The first-order valence-corrected chi connectivity index (χ1v) is 29.0. The minimum atomic E-state index is -2.02. The van der Waals surface area contributed by atoms with E-state index in [2.05, 4.69) is 0 Å². The molecule has 3 aliphatic rings. The maximum atomic E-state index is 13.2. The highest BCUT2D eigenvalue weighted by atomic mass is 16.8. The zero-order valence-electron chi connectivity index (χ0n) is 52.9. The van der Waals surface area contributed by atoms with E-state index in [0.29, 0.717) is 16.7 Å². The maximum Gasteiger partial charge on any atom is 0.303 e. The number of esters is 12. The number of aromatic nitrogens is 4. The molecule has 4 aromatic rings. The molecule has 0 spiro atoms. The van der Waals surface area contributed by atoms with Gasteiger partial charge in [-0.15, -0.1) is 0 Å². The summed E-state index contributed by atoms with van der Waals surface area (Å²) in [7, 11) is 0. The Labute approximate surface area is 534 Å². The van der Waals surface area contributed by atoms with Gasteiger partial charge in [0.15, 0.2) is 91.7 Å². The third-order valence-electron chi connectivity index (χ3n) is 13.6. The fourth-order valence-corrected chi connectivity index (χ4v) is 10.5. The molecular weight excluding hydrogens is 1260 g/mol. The highest BCUT2D eigenvalue weighted by molar-refractivity contribution is 5.87. The summed E-state index contributed by atoms with van der Waals surface area (Å²) in [6, 6.07) is 15.5. The van der Waals surface area contributed by atoms with E-state index in [4.69, 9.17) is 100 Å². The van der Waals surface area contributed by atoms with E-state index in [1.54, 1.807) is 54.6 Å². The van der Waals surface area contributed by atoms with Crippen LogP contribution in [0.3, 0.4) is 0 Å². The molecule has 3 fully saturated rings. The highest BCUT2D eigenvalue weighted by Gasteiger charge is 2.58. The molecule has 0 amide bonds. The molecule has 0 radical (unpaired) electrons. The Balaban J connectivity index is 1.28. The van der Waals surface area contributed by atoms with E-state index in [0.717, 1.165) is 83.1 Å². The molecule has 510 valence electrons. The first-order chi connectivity index (χ1) is 44.5. The van der Waals surface area contributed by atoms with Crippen LogP contribution in [0.15, 0.2) is 54.6 Å². The Hall–Kier alpha value is -9.35. The Morgan fingerprint density at radius 1 is 0.394 bits per heavy atom. The van der Waals surface area contributed by atoms with Gasteiger partial charge in [0.2, 0.25) is 0 Å². The Kier molecular flexibility index (Phi) is 24.9. The van der Waals surface area contributed by atoms with Gasteiger partial charge in [-0.2, -0.15) is 5.10 Å². The second-order valence-corrected chi connectivity index (χ2v) is 21.3. The van der Waals surface area contributed by atoms with E-state index in [1.165, 1.54) is 4.68 Å². The predicted molar refractivity (Wildman–Crippen MR) is 305 cm³/mol. The molecule has 1 unspecified atom stereocenters. The lowest BCUT2D eigenvalue weighted by Gasteiger charge is -2.47. The molecule has 7 rings (SSSR count). The number of carbonyl (C=O) groups is 12. The first-order valence-electron chi connectivity index (χ1n) is 29.0. The number of rotatable bonds is 25. The van der Waals surface area contributed by atoms with Gasteiger partial charge in [0, 0.05) is 83.1 Å². The van der Waals surface area contributed by atoms with Crippen LogP contribution in [0.25, 0.3) is 27.9 Å². The van der Waals surface area contributed by atoms with Crippen LogP contribution in [0.1, 0.15) is 94.9 Å². The van der Waals surface area contributed by atoms with Gasteiger partial charge >= 0.3 is 71.6 Å². The van der Waals surface area contributed by atoms with Crippen molar-refractivity contribution in [3.8, 4) is 5.69 Å². The summed E-state index contributed by atoms with van der Waals surface area (Å²) in [4.78, 5) is 164. The number of carbonyl (C=O) groups excluding carboxylic acids is 12. The summed E-state index contributed by atoms with van der Waals surface area (Å²) < 4.78 is 107. The Morgan fingerprint density at radius 3 is 1.13 bits per heavy atom. The fourth-order valence-electron chi connectivity index (χ4n) is 10.5. The lowest BCUT2D eigenvalue weighted by atomic mass is 9.96. The number of hydrogen-bond donors (Lipinski definition) is 0. The smallest absolute Gasteiger partial charge is 0.303 e. The monoisotopic (exact) mass is 1330 g/mol. The number of benzene rings is 2. The average molecular weight is 1330 g/mol. The second kappa shape index (κ2) is 32.5. The number of ether oxygens (including phenoxy) is 18. The number of hydrogen-bond acceptors (Lipinski definition) is 33. The summed E-state index contributed by atoms with van der Waals surface area (Å²) in [6.07, 6.45) is -30.6. The van der Waals surface area contributed by atoms with Gasteiger partial charge in [0.1, 0.15) is 36.1 Å². The van der Waals surface area contributed by atoms with Gasteiger partial charge in [-0.05, 0) is 24.3 Å². The number of fused-ring (bicyclic) bond motifs is 2. The SMILES string of the molecule is CC(=O)OC[C@@H]1O[C@H](OC[C@H]2O[C@H](OC[C@H]3O[C@H](OC[C@@H](OC(C)=O)[C@H](OC(C)=O)c4nn(-c5ccccc5)c5nc6ccccc6nc45)[C@H](OC(C)=O)[C@H](OC(C)=O)[C@H]3OC(C)=O)[C@@H](OC(C)=O)[C@@H](OC(C)=O)[C@H]2OC(C)=O)C(OC(C)=O)[C@@H](OC(C)=O)[C@@H]1OC(C)=O. The van der Waals surface area contributed by atoms with E-state index in [9.17, 15) is 57.5 Å². The van der Waals surface area contributed by atoms with Crippen LogP contribution in [0.2, 0.25) is 0 Å². The fraction of sp³-hybridized carbons (Fsp3) is 0.550. The van der Waals surface area contributed by atoms with Crippen molar-refractivity contribution >= 4 is 93.8 Å². The van der Waals surface area contributed by atoms with Gasteiger partial charge in [-0.1, -0.05) is 30.3 Å². The topological polar surface area (TPSA) is 415 Å². The summed E-state index contributed by atoms with van der Waals surface area (Å²) in [5, 5.41) is 4.80. The van der Waals surface area contributed by atoms with Crippen molar-refractivity contribution < 1.29 is 143 Å². The molecule has 3 saturated heterocycles. The van der Waals surface area contributed by atoms with E-state index >= 15 is 0 Å². The predicted octanol–water partition coefficient (Wildman–Crippen LogP) is 1.68. The first kappa shape index (κ1) is 72.1. The van der Waals surface area contributed by atoms with Gasteiger partial charge in [0.25, 0.3) is 0 Å². The molecule has 2 aromatic carbocycles. The second-order valence-electron chi connectivity index (χ2n) is 21.3. The van der Waals surface area contributed by atoms with Crippen LogP contribution in [0, 0.1) is 0 Å². The van der Waals surface area contributed by atoms with Crippen molar-refractivity contribution in [2.24, 2.45) is 0 Å². The molecule has 5 heterocycles. The molecule has 0 bridgehead atoms. The summed E-state index contributed by atoms with van der Waals surface area (Å²) in [5.41, 5.74) is 1.55. The van der Waals surface area contributed by atoms with Crippen LogP contribution < -0.4 is 0 Å². The van der Waals surface area contributed by atoms with Gasteiger partial charge in [-0.3, -0.25) is 57.5 Å². The molecule has 0 N–H and O–H groups in total. The molecular formula is C60H70N4O30. The lowest BCUT2D eigenvalue weighted by Crippen LogP contribution is -2.66. The number of nitrogens with zero attached hydrogens (tertiary/aromatic N) is 4. The Bertz CT molecular complexity index is 3450. The summed E-state index contributed by atoms with van der Waals surface area (Å²) in [6.45, 7) is 8.59. The zero-order chi connectivity index (χ0) is 68.8. The van der Waals surface area contributed by atoms with E-state index < -0.39 is 202 Å². The van der Waals surface area contributed by atoms with Crippen LogP contribution in [0.4, 0.5) is 0 Å². The quantitative estimate of drug-likeness (QED) is 0.0672. The molecule has 94 heavy (non-hydrogen) atoms. The third kappa shape index (κ3) is 19.1. The summed E-state index contributed by atoms with van der Waals surface area (Å²) in [5.74, 6) is -11.8. The van der Waals surface area contributed by atoms with E-state index in [1.807, 2.05) is 0 Å². The summed E-state index contributed by atoms with van der Waals surface area (Å²) >= 11 is 0. The molecule has 0 aliphatic carbocycles. The maximum absolute atomic E-state index is 13.2. The van der Waals surface area contributed by atoms with Gasteiger partial charge < -0.3 is 85.3 Å². The van der Waals surface area contributed by atoms with Crippen molar-refractivity contribution in [3.63, 3.8) is 0 Å². The molecule has 34 nitrogen and oxygen atoms in total. The highest BCUT2D eigenvalue weighted by Crippen LogP contribution is 2.37. The normalized spacial score (nSPS) is 26.4. The van der Waals surface area contributed by atoms with Gasteiger partial charge in [-0.25, -0.2) is 14.6 Å². The van der Waals surface area contributed by atoms with Crippen molar-refractivity contribution in [1.82, 2.24) is 19.7 Å². The van der Waals surface area contributed by atoms with E-state index in [-0.39, 0.29) is 16.9 Å². The third-order valence-corrected chi connectivity index (χ3v) is 13.6. The molecule has 2 aromatic heterocycles. The minimum absolute atomic E-state index is 0.0817. The van der Waals surface area contributed by atoms with Crippen molar-refractivity contribution in [1.29, 1.82) is 0 Å². The van der Waals surface area contributed by atoms with Crippen molar-refractivity contribution in [2.75, 3.05) is 26.4 Å². The Morgan fingerprint density at radius 2 is 0.745 bits per heavy atom. The largest absolute Gasteiger partial charge is 0.463 e. The van der Waals surface area contributed by atoms with Crippen molar-refractivity contribution in [2.45, 2.75) is 187 Å². The average Bonchev–Trinajstić information content (AvgIpc) is 1.59. The molecule has 34 heteroatoms. The lowest BCUT2D eigenvalue weighted by molar-refractivity contribution is -0.346. The minimum Gasteiger partial charge on any atom is -0.463 e. The molecule has 0 saturated carbocycles. The molecule has 3 aliphatic heterocycles. The molecule has 17 atom stereocenters. The van der Waals surface area contributed by atoms with Crippen LogP contribution >= 0.6 is 0 Å². The van der Waals surface area contributed by atoms with Crippen molar-refractivity contribution in [3.05, 3.63) is 60.3 Å². The standard InChI is InChI=1S/C60H70N4O30/c1-26(65)77-22-42-48(83-29(4)68)51(86-32(7)71)54(89-35(10)74)59(92-42)79-24-44-50(85-31(6)70)53(88-34(9)73)56(91-37(12)76)60(94-44)80-25-43-49(84-30(5)69)52(87-33(8)72)55(90-36(11)75)58(93-43)78-23-41(81-27(2)66)47(82-28(3)67)45-46-57(62-40-21-17-16-20-39(40)61-46)64(63-45)38-18-14-13-15-19-38/h13-21,41-44,47-56,58-60H,22-25H2,1-12H3/t41-,42+,43-,44-,47+,48-,49+,50+,51+,52-,53+,54?,55-,56+,58+,59+,60+/m1/s1. The number of para-hydroxylation sites is 3. The zero-order valence-corrected chi connectivity index (χ0v) is 52.9. The van der Waals surface area contributed by atoms with Crippen LogP contribution in [0.5, 0.6) is 0 Å². The van der Waals surface area contributed by atoms with Crippen LogP contribution in [-0.4, -0.2) is 216 Å².